The maximum Gasteiger partial charge on any atom is 0.231 e. The first-order chi connectivity index (χ1) is 14.6. The van der Waals surface area contributed by atoms with E-state index in [1.54, 1.807) is 14.2 Å². The Morgan fingerprint density at radius 1 is 1.07 bits per heavy atom. The average molecular weight is 407 g/mol. The number of hydrogen-bond donors (Lipinski definition) is 0. The van der Waals surface area contributed by atoms with Crippen LogP contribution >= 0.6 is 0 Å². The number of nitrogens with zero attached hydrogens (tertiary/aromatic N) is 2. The second-order valence-electron chi connectivity index (χ2n) is 8.26. The second kappa shape index (κ2) is 8.52. The van der Waals surface area contributed by atoms with Crippen molar-refractivity contribution in [2.45, 2.75) is 24.7 Å². The standard InChI is InChI=1S/C25H30N2O3/c1-4-13-26-14-11-25(12-15-26)18-27(23-10-9-21(30-3)17-22(23)25)24(28)16-19-5-7-20(29-2)8-6-19/h4-10,17H,1,11-16,18H2,2-3H3. The molecule has 1 fully saturated rings. The average Bonchev–Trinajstić information content (AvgIpc) is 3.09. The van der Waals surface area contributed by atoms with Crippen molar-refractivity contribution in [1.82, 2.24) is 4.90 Å². The van der Waals surface area contributed by atoms with Gasteiger partial charge in [-0.25, -0.2) is 0 Å². The number of hydrogen-bond acceptors (Lipinski definition) is 4. The van der Waals surface area contributed by atoms with Crippen LogP contribution in [0.4, 0.5) is 5.69 Å². The lowest BCUT2D eigenvalue weighted by Gasteiger charge is -2.39. The van der Waals surface area contributed by atoms with E-state index >= 15 is 0 Å². The van der Waals surface area contributed by atoms with E-state index in [1.807, 2.05) is 47.4 Å². The number of carbonyl (C=O) groups excluding carboxylic acids is 1. The number of carbonyl (C=O) groups is 1. The van der Waals surface area contributed by atoms with Crippen LogP contribution in [-0.4, -0.2) is 51.2 Å². The second-order valence-corrected chi connectivity index (χ2v) is 8.26. The SMILES string of the molecule is C=CCN1CCC2(CC1)CN(C(=O)Cc1ccc(OC)cc1)c1ccc(OC)cc12. The van der Waals surface area contributed by atoms with Gasteiger partial charge in [0.1, 0.15) is 11.5 Å². The predicted octanol–water partition coefficient (Wildman–Crippen LogP) is 3.81. The van der Waals surface area contributed by atoms with Crippen LogP contribution < -0.4 is 14.4 Å². The molecule has 0 radical (unpaired) electrons. The molecule has 30 heavy (non-hydrogen) atoms. The van der Waals surface area contributed by atoms with Crippen molar-refractivity contribution in [2.75, 3.05) is 45.3 Å². The minimum Gasteiger partial charge on any atom is -0.497 e. The van der Waals surface area contributed by atoms with Gasteiger partial charge in [-0.2, -0.15) is 0 Å². The Kier molecular flexibility index (Phi) is 5.82. The molecule has 0 aliphatic carbocycles. The number of amides is 1. The Morgan fingerprint density at radius 3 is 2.37 bits per heavy atom. The molecule has 5 nitrogen and oxygen atoms in total. The summed E-state index contributed by atoms with van der Waals surface area (Å²) in [5.41, 5.74) is 3.28. The Bertz CT molecular complexity index is 914. The van der Waals surface area contributed by atoms with Crippen LogP contribution in [0.3, 0.4) is 0 Å². The Morgan fingerprint density at radius 2 is 1.73 bits per heavy atom. The number of fused-ring (bicyclic) bond motifs is 2. The minimum atomic E-state index is -0.00287. The number of rotatable bonds is 6. The first-order valence-corrected chi connectivity index (χ1v) is 10.5. The fraction of sp³-hybridized carbons (Fsp3) is 0.400. The lowest BCUT2D eigenvalue weighted by atomic mass is 9.74. The first-order valence-electron chi connectivity index (χ1n) is 10.5. The summed E-state index contributed by atoms with van der Waals surface area (Å²) >= 11 is 0. The topological polar surface area (TPSA) is 42.0 Å². The van der Waals surface area contributed by atoms with E-state index < -0.39 is 0 Å². The molecule has 0 unspecified atom stereocenters. The predicted molar refractivity (Wildman–Crippen MR) is 120 cm³/mol. The van der Waals surface area contributed by atoms with Crippen LogP contribution in [-0.2, 0) is 16.6 Å². The molecule has 1 saturated heterocycles. The van der Waals surface area contributed by atoms with Gasteiger partial charge in [-0.3, -0.25) is 9.69 Å². The minimum absolute atomic E-state index is 0.00287. The lowest BCUT2D eigenvalue weighted by Crippen LogP contribution is -2.46. The largest absolute Gasteiger partial charge is 0.497 e. The maximum absolute atomic E-state index is 13.3. The fourth-order valence-corrected chi connectivity index (χ4v) is 4.78. The molecule has 5 heteroatoms. The molecule has 0 N–H and O–H groups in total. The highest BCUT2D eigenvalue weighted by molar-refractivity contribution is 5.97. The highest BCUT2D eigenvalue weighted by atomic mass is 16.5. The van der Waals surface area contributed by atoms with Crippen molar-refractivity contribution in [1.29, 1.82) is 0 Å². The Labute approximate surface area is 178 Å². The summed E-state index contributed by atoms with van der Waals surface area (Å²) in [5, 5.41) is 0. The fourth-order valence-electron chi connectivity index (χ4n) is 4.78. The third-order valence-corrected chi connectivity index (χ3v) is 6.54. The first kappa shape index (κ1) is 20.5. The van der Waals surface area contributed by atoms with E-state index in [9.17, 15) is 4.79 Å². The van der Waals surface area contributed by atoms with Crippen molar-refractivity contribution < 1.29 is 14.3 Å². The van der Waals surface area contributed by atoms with Crippen LogP contribution in [0, 0.1) is 0 Å². The molecule has 2 aromatic carbocycles. The molecular formula is C25H30N2O3. The number of ether oxygens (including phenoxy) is 2. The summed E-state index contributed by atoms with van der Waals surface area (Å²) in [6.45, 7) is 7.56. The Balaban J connectivity index is 1.59. The summed E-state index contributed by atoms with van der Waals surface area (Å²) in [5.74, 6) is 1.79. The number of piperidine rings is 1. The van der Waals surface area contributed by atoms with E-state index in [-0.39, 0.29) is 11.3 Å². The van der Waals surface area contributed by atoms with E-state index in [0.29, 0.717) is 6.42 Å². The maximum atomic E-state index is 13.3. The molecule has 2 aromatic rings. The molecule has 1 amide bonds. The van der Waals surface area contributed by atoms with Crippen molar-refractivity contribution in [2.24, 2.45) is 0 Å². The molecule has 4 rings (SSSR count). The van der Waals surface area contributed by atoms with E-state index in [4.69, 9.17) is 9.47 Å². The summed E-state index contributed by atoms with van der Waals surface area (Å²) in [4.78, 5) is 17.7. The zero-order chi connectivity index (χ0) is 21.1. The third kappa shape index (κ3) is 3.82. The number of benzene rings is 2. The molecular weight excluding hydrogens is 376 g/mol. The van der Waals surface area contributed by atoms with Gasteiger partial charge >= 0.3 is 0 Å². The normalized spacial score (nSPS) is 17.6. The van der Waals surface area contributed by atoms with E-state index in [0.717, 1.165) is 61.8 Å². The van der Waals surface area contributed by atoms with E-state index in [1.165, 1.54) is 5.56 Å². The summed E-state index contributed by atoms with van der Waals surface area (Å²) in [7, 11) is 3.35. The Hall–Kier alpha value is -2.79. The smallest absolute Gasteiger partial charge is 0.231 e. The molecule has 0 aromatic heterocycles. The summed E-state index contributed by atoms with van der Waals surface area (Å²) < 4.78 is 10.7. The molecule has 0 bridgehead atoms. The number of anilines is 1. The van der Waals surface area contributed by atoms with Crippen LogP contribution in [0.15, 0.2) is 55.1 Å². The van der Waals surface area contributed by atoms with Crippen LogP contribution in [0.25, 0.3) is 0 Å². The highest BCUT2D eigenvalue weighted by Crippen LogP contribution is 2.48. The van der Waals surface area contributed by atoms with E-state index in [2.05, 4.69) is 17.5 Å². The van der Waals surface area contributed by atoms with Crippen LogP contribution in [0.1, 0.15) is 24.0 Å². The number of likely N-dealkylation sites (tertiary alicyclic amines) is 1. The van der Waals surface area contributed by atoms with Crippen molar-refractivity contribution in [3.8, 4) is 11.5 Å². The van der Waals surface area contributed by atoms with Gasteiger partial charge in [-0.15, -0.1) is 6.58 Å². The van der Waals surface area contributed by atoms with Gasteiger partial charge in [-0.1, -0.05) is 18.2 Å². The summed E-state index contributed by atoms with van der Waals surface area (Å²) in [6.07, 6.45) is 4.42. The van der Waals surface area contributed by atoms with Crippen LogP contribution in [0.5, 0.6) is 11.5 Å². The monoisotopic (exact) mass is 406 g/mol. The molecule has 2 heterocycles. The van der Waals surface area contributed by atoms with Gasteiger partial charge in [0.05, 0.1) is 20.6 Å². The molecule has 2 aliphatic heterocycles. The van der Waals surface area contributed by atoms with Gasteiger partial charge in [0.15, 0.2) is 0 Å². The molecule has 158 valence electrons. The van der Waals surface area contributed by atoms with Gasteiger partial charge in [0.2, 0.25) is 5.91 Å². The van der Waals surface area contributed by atoms with Gasteiger partial charge in [0.25, 0.3) is 0 Å². The highest BCUT2D eigenvalue weighted by Gasteiger charge is 2.46. The van der Waals surface area contributed by atoms with Crippen molar-refractivity contribution >= 4 is 11.6 Å². The van der Waals surface area contributed by atoms with Crippen LogP contribution in [0.2, 0.25) is 0 Å². The lowest BCUT2D eigenvalue weighted by molar-refractivity contribution is -0.118. The van der Waals surface area contributed by atoms with Gasteiger partial charge < -0.3 is 14.4 Å². The van der Waals surface area contributed by atoms with Crippen molar-refractivity contribution in [3.05, 3.63) is 66.2 Å². The molecule has 2 aliphatic rings. The van der Waals surface area contributed by atoms with Gasteiger partial charge in [-0.05, 0) is 67.4 Å². The molecule has 0 atom stereocenters. The summed E-state index contributed by atoms with van der Waals surface area (Å²) in [6, 6.07) is 13.9. The molecule has 1 spiro atoms. The van der Waals surface area contributed by atoms with Gasteiger partial charge in [0, 0.05) is 24.2 Å². The third-order valence-electron chi connectivity index (χ3n) is 6.54. The molecule has 0 saturated carbocycles. The van der Waals surface area contributed by atoms with Crippen molar-refractivity contribution in [3.63, 3.8) is 0 Å². The zero-order valence-electron chi connectivity index (χ0n) is 17.9. The zero-order valence-corrected chi connectivity index (χ0v) is 17.9. The quantitative estimate of drug-likeness (QED) is 0.684. The number of methoxy groups -OCH3 is 2.